The summed E-state index contributed by atoms with van der Waals surface area (Å²) in [6.45, 7) is 1.28. The van der Waals surface area contributed by atoms with Crippen molar-refractivity contribution in [3.8, 4) is 0 Å². The van der Waals surface area contributed by atoms with Crippen LogP contribution in [-0.2, 0) is 12.6 Å². The lowest BCUT2D eigenvalue weighted by Crippen LogP contribution is -2.46. The molecule has 0 aliphatic heterocycles. The van der Waals surface area contributed by atoms with E-state index in [-0.39, 0.29) is 5.76 Å². The molecule has 0 aliphatic rings. The van der Waals surface area contributed by atoms with Crippen LogP contribution in [0, 0.1) is 6.92 Å². The Morgan fingerprint density at radius 1 is 1.33 bits per heavy atom. The summed E-state index contributed by atoms with van der Waals surface area (Å²) in [4.78, 5) is 16.0. The van der Waals surface area contributed by atoms with Crippen molar-refractivity contribution in [2.24, 2.45) is 7.05 Å². The van der Waals surface area contributed by atoms with E-state index >= 15 is 0 Å². The van der Waals surface area contributed by atoms with E-state index in [1.54, 1.807) is 31.2 Å². The molecule has 2 N–H and O–H groups in total. The fourth-order valence-corrected chi connectivity index (χ4v) is 2.97. The van der Waals surface area contributed by atoms with E-state index in [9.17, 15) is 23.1 Å². The summed E-state index contributed by atoms with van der Waals surface area (Å²) >= 11 is 0. The molecule has 1 unspecified atom stereocenters. The number of nitrogens with one attached hydrogen (secondary N) is 1. The highest BCUT2D eigenvalue weighted by atomic mass is 19.4. The van der Waals surface area contributed by atoms with Crippen molar-refractivity contribution in [1.82, 2.24) is 14.9 Å². The maximum atomic E-state index is 13.5. The van der Waals surface area contributed by atoms with E-state index in [2.05, 4.69) is 10.3 Å². The molecule has 0 bridgehead atoms. The second-order valence-electron chi connectivity index (χ2n) is 6.28. The zero-order valence-electron chi connectivity index (χ0n) is 14.7. The molecule has 0 radical (unpaired) electrons. The number of hydrogen-bond donors (Lipinski definition) is 2. The second kappa shape index (κ2) is 6.73. The molecule has 0 aliphatic carbocycles. The van der Waals surface area contributed by atoms with Gasteiger partial charge in [0, 0.05) is 43.4 Å². The van der Waals surface area contributed by atoms with Gasteiger partial charge in [-0.15, -0.1) is 0 Å². The standard InChI is InChI=1S/C18H18F3N3O3/c1-11-12-5-3-4-6-13(12)27-14(11)15(25)22-8-7-17(26,18(19,20)21)16-23-9-10-24(16)2/h3-6,9-10,26H,7-8H2,1-2H3,(H,22,25). The average molecular weight is 381 g/mol. The van der Waals surface area contributed by atoms with Gasteiger partial charge in [-0.1, -0.05) is 18.2 Å². The van der Waals surface area contributed by atoms with Crippen molar-refractivity contribution in [3.05, 3.63) is 53.8 Å². The number of para-hydroxylation sites is 1. The van der Waals surface area contributed by atoms with Crippen molar-refractivity contribution in [2.75, 3.05) is 6.54 Å². The van der Waals surface area contributed by atoms with Gasteiger partial charge in [-0.05, 0) is 13.0 Å². The van der Waals surface area contributed by atoms with Crippen LogP contribution in [0.1, 0.15) is 28.4 Å². The van der Waals surface area contributed by atoms with Crippen LogP contribution in [0.2, 0.25) is 0 Å². The van der Waals surface area contributed by atoms with Crippen LogP contribution in [-0.4, -0.2) is 33.3 Å². The highest BCUT2D eigenvalue weighted by Crippen LogP contribution is 2.40. The fourth-order valence-electron chi connectivity index (χ4n) is 2.97. The number of amides is 1. The first-order valence-corrected chi connectivity index (χ1v) is 8.18. The SMILES string of the molecule is Cc1c(C(=O)NCCC(O)(c2nccn2C)C(F)(F)F)oc2ccccc12. The van der Waals surface area contributed by atoms with Gasteiger partial charge in [0.2, 0.25) is 5.60 Å². The van der Waals surface area contributed by atoms with Crippen LogP contribution < -0.4 is 5.32 Å². The van der Waals surface area contributed by atoms with Crippen molar-refractivity contribution in [3.63, 3.8) is 0 Å². The topological polar surface area (TPSA) is 80.3 Å². The number of halogens is 3. The lowest BCUT2D eigenvalue weighted by Gasteiger charge is -2.29. The molecular formula is C18H18F3N3O3. The summed E-state index contributed by atoms with van der Waals surface area (Å²) in [5.41, 5.74) is -2.07. The number of alkyl halides is 3. The van der Waals surface area contributed by atoms with Gasteiger partial charge in [0.15, 0.2) is 5.76 Å². The van der Waals surface area contributed by atoms with Crippen molar-refractivity contribution >= 4 is 16.9 Å². The molecule has 1 amide bonds. The van der Waals surface area contributed by atoms with Crippen LogP contribution in [0.3, 0.4) is 0 Å². The third-order valence-corrected chi connectivity index (χ3v) is 4.48. The molecule has 0 saturated heterocycles. The van der Waals surface area contributed by atoms with E-state index in [1.807, 2.05) is 0 Å². The van der Waals surface area contributed by atoms with E-state index < -0.39 is 36.5 Å². The van der Waals surface area contributed by atoms with Crippen LogP contribution in [0.25, 0.3) is 11.0 Å². The molecule has 1 aromatic carbocycles. The Balaban J connectivity index is 1.76. The lowest BCUT2D eigenvalue weighted by atomic mass is 9.97. The fraction of sp³-hybridized carbons (Fsp3) is 0.333. The van der Waals surface area contributed by atoms with Gasteiger partial charge in [0.05, 0.1) is 0 Å². The molecule has 0 saturated carbocycles. The minimum absolute atomic E-state index is 0.0312. The van der Waals surface area contributed by atoms with Gasteiger partial charge in [0.1, 0.15) is 11.4 Å². The van der Waals surface area contributed by atoms with Gasteiger partial charge in [-0.25, -0.2) is 4.98 Å². The average Bonchev–Trinajstić information content (AvgIpc) is 3.18. The molecular weight excluding hydrogens is 363 g/mol. The van der Waals surface area contributed by atoms with Crippen LogP contribution in [0.4, 0.5) is 13.2 Å². The lowest BCUT2D eigenvalue weighted by molar-refractivity contribution is -0.272. The molecule has 3 rings (SSSR count). The van der Waals surface area contributed by atoms with E-state index in [4.69, 9.17) is 4.42 Å². The van der Waals surface area contributed by atoms with Crippen LogP contribution in [0.15, 0.2) is 41.1 Å². The first-order valence-electron chi connectivity index (χ1n) is 8.18. The third kappa shape index (κ3) is 3.30. The Morgan fingerprint density at radius 2 is 2.04 bits per heavy atom. The zero-order chi connectivity index (χ0) is 19.8. The predicted octanol–water partition coefficient (Wildman–Crippen LogP) is 3.04. The van der Waals surface area contributed by atoms with Gasteiger partial charge in [-0.3, -0.25) is 4.79 Å². The van der Waals surface area contributed by atoms with Gasteiger partial charge >= 0.3 is 6.18 Å². The summed E-state index contributed by atoms with van der Waals surface area (Å²) in [5, 5.41) is 13.4. The number of carbonyl (C=O) groups excluding carboxylic acids is 1. The summed E-state index contributed by atoms with van der Waals surface area (Å²) in [6.07, 6.45) is -3.26. The summed E-state index contributed by atoms with van der Waals surface area (Å²) in [6, 6.07) is 7.03. The number of fused-ring (bicyclic) bond motifs is 1. The third-order valence-electron chi connectivity index (χ3n) is 4.48. The van der Waals surface area contributed by atoms with Crippen molar-refractivity contribution < 1.29 is 27.5 Å². The number of rotatable bonds is 5. The number of aliphatic hydroxyl groups is 1. The molecule has 0 spiro atoms. The number of aryl methyl sites for hydroxylation is 2. The minimum Gasteiger partial charge on any atom is -0.451 e. The van der Waals surface area contributed by atoms with Crippen LogP contribution >= 0.6 is 0 Å². The molecule has 3 aromatic rings. The summed E-state index contributed by atoms with van der Waals surface area (Å²) in [7, 11) is 1.36. The monoisotopic (exact) mass is 381 g/mol. The normalized spacial score (nSPS) is 14.3. The number of hydrogen-bond acceptors (Lipinski definition) is 4. The largest absolute Gasteiger partial charge is 0.451 e. The molecule has 2 aromatic heterocycles. The van der Waals surface area contributed by atoms with E-state index in [0.717, 1.165) is 9.95 Å². The number of aromatic nitrogens is 2. The van der Waals surface area contributed by atoms with Gasteiger partial charge in [-0.2, -0.15) is 13.2 Å². The van der Waals surface area contributed by atoms with E-state index in [0.29, 0.717) is 11.1 Å². The Morgan fingerprint density at radius 3 is 2.63 bits per heavy atom. The Bertz CT molecular complexity index is 977. The maximum Gasteiger partial charge on any atom is 0.424 e. The zero-order valence-corrected chi connectivity index (χ0v) is 14.7. The second-order valence-corrected chi connectivity index (χ2v) is 6.28. The first kappa shape index (κ1) is 19.0. The Hall–Kier alpha value is -2.81. The van der Waals surface area contributed by atoms with Crippen LogP contribution in [0.5, 0.6) is 0 Å². The van der Waals surface area contributed by atoms with E-state index in [1.165, 1.54) is 19.4 Å². The number of benzene rings is 1. The number of carbonyl (C=O) groups is 1. The van der Waals surface area contributed by atoms with Gasteiger partial charge in [0.25, 0.3) is 5.91 Å². The van der Waals surface area contributed by atoms with Crippen molar-refractivity contribution in [1.29, 1.82) is 0 Å². The number of furan rings is 1. The minimum atomic E-state index is -4.95. The molecule has 0 fully saturated rings. The number of imidazole rings is 1. The summed E-state index contributed by atoms with van der Waals surface area (Å²) in [5.74, 6) is -1.15. The molecule has 9 heteroatoms. The van der Waals surface area contributed by atoms with Gasteiger partial charge < -0.3 is 19.4 Å². The highest BCUT2D eigenvalue weighted by Gasteiger charge is 2.57. The molecule has 144 valence electrons. The summed E-state index contributed by atoms with van der Waals surface area (Å²) < 4.78 is 47.0. The Labute approximate surface area is 152 Å². The van der Waals surface area contributed by atoms with Crippen molar-refractivity contribution in [2.45, 2.75) is 25.1 Å². The highest BCUT2D eigenvalue weighted by molar-refractivity contribution is 5.98. The smallest absolute Gasteiger partial charge is 0.424 e. The molecule has 6 nitrogen and oxygen atoms in total. The first-order chi connectivity index (χ1) is 12.6. The predicted molar refractivity (Wildman–Crippen MR) is 91.1 cm³/mol. The molecule has 1 atom stereocenters. The molecule has 2 heterocycles. The molecule has 27 heavy (non-hydrogen) atoms. The number of nitrogens with zero attached hydrogens (tertiary/aromatic N) is 2. The maximum absolute atomic E-state index is 13.5. The Kier molecular flexibility index (Phi) is 4.73. The quantitative estimate of drug-likeness (QED) is 0.712.